The monoisotopic (exact) mass is 277 g/mol. The first-order valence-electron chi connectivity index (χ1n) is 6.22. The summed E-state index contributed by atoms with van der Waals surface area (Å²) < 4.78 is 6.18. The maximum atomic E-state index is 11.9. The number of carbonyl (C=O) groups is 1. The Morgan fingerprint density at radius 1 is 1.53 bits per heavy atom. The number of nitrogens with zero attached hydrogens (tertiary/aromatic N) is 1. The van der Waals surface area contributed by atoms with E-state index in [4.69, 9.17) is 10.5 Å². The third kappa shape index (κ3) is 2.23. The normalized spacial score (nSPS) is 15.2. The maximum Gasteiger partial charge on any atom is 0.229 e. The highest BCUT2D eigenvalue weighted by Crippen LogP contribution is 2.35. The number of aromatic nitrogens is 1. The Balaban J connectivity index is 1.90. The fraction of sp³-hybridized carbons (Fsp3) is 0.385. The fourth-order valence-electron chi connectivity index (χ4n) is 2.11. The predicted octanol–water partition coefficient (Wildman–Crippen LogP) is 2.63. The van der Waals surface area contributed by atoms with Crippen LogP contribution in [-0.2, 0) is 4.79 Å². The molecule has 0 saturated heterocycles. The van der Waals surface area contributed by atoms with Crippen molar-refractivity contribution in [2.24, 2.45) is 5.92 Å². The Morgan fingerprint density at radius 3 is 2.95 bits per heavy atom. The van der Waals surface area contributed by atoms with Crippen LogP contribution in [0.3, 0.4) is 0 Å². The molecule has 0 bridgehead atoms. The topological polar surface area (TPSA) is 77.2 Å². The number of benzene rings is 1. The average Bonchev–Trinajstić information content (AvgIpc) is 2.67. The number of thiazole rings is 1. The van der Waals surface area contributed by atoms with Gasteiger partial charge in [-0.2, -0.15) is 0 Å². The Morgan fingerprint density at radius 2 is 2.32 bits per heavy atom. The molecule has 5 nitrogen and oxygen atoms in total. The van der Waals surface area contributed by atoms with Gasteiger partial charge >= 0.3 is 0 Å². The van der Waals surface area contributed by atoms with Gasteiger partial charge in [0, 0.05) is 17.7 Å². The highest BCUT2D eigenvalue weighted by Gasteiger charge is 2.26. The summed E-state index contributed by atoms with van der Waals surface area (Å²) >= 11 is 1.42. The van der Waals surface area contributed by atoms with Crippen molar-refractivity contribution in [3.05, 3.63) is 12.1 Å². The van der Waals surface area contributed by atoms with Gasteiger partial charge in [0.2, 0.25) is 5.91 Å². The number of methoxy groups -OCH3 is 1. The number of nitrogens with one attached hydrogen (secondary N) is 1. The van der Waals surface area contributed by atoms with Crippen LogP contribution in [0.25, 0.3) is 10.2 Å². The summed E-state index contributed by atoms with van der Waals surface area (Å²) in [7, 11) is 1.58. The third-order valence-corrected chi connectivity index (χ3v) is 4.33. The molecule has 3 N–H and O–H groups in total. The van der Waals surface area contributed by atoms with Crippen molar-refractivity contribution >= 4 is 38.3 Å². The molecule has 1 aliphatic carbocycles. The SMILES string of the molecule is COc1cc(N)cc2sc(NC(=O)C3CCC3)nc12. The van der Waals surface area contributed by atoms with E-state index < -0.39 is 0 Å². The molecular weight excluding hydrogens is 262 g/mol. The maximum absolute atomic E-state index is 11.9. The van der Waals surface area contributed by atoms with Gasteiger partial charge in [-0.1, -0.05) is 17.8 Å². The van der Waals surface area contributed by atoms with Crippen LogP contribution in [0.2, 0.25) is 0 Å². The van der Waals surface area contributed by atoms with E-state index >= 15 is 0 Å². The van der Waals surface area contributed by atoms with Crippen molar-refractivity contribution in [2.45, 2.75) is 19.3 Å². The summed E-state index contributed by atoms with van der Waals surface area (Å²) in [4.78, 5) is 16.3. The highest BCUT2D eigenvalue weighted by atomic mass is 32.1. The molecule has 1 amide bonds. The first kappa shape index (κ1) is 12.2. The second kappa shape index (κ2) is 4.70. The number of ether oxygens (including phenoxy) is 1. The average molecular weight is 277 g/mol. The summed E-state index contributed by atoms with van der Waals surface area (Å²) in [6.07, 6.45) is 3.10. The van der Waals surface area contributed by atoms with Gasteiger partial charge in [0.25, 0.3) is 0 Å². The van der Waals surface area contributed by atoms with Gasteiger partial charge in [0.05, 0.1) is 11.8 Å². The smallest absolute Gasteiger partial charge is 0.229 e. The van der Waals surface area contributed by atoms with E-state index in [0.29, 0.717) is 16.6 Å². The van der Waals surface area contributed by atoms with E-state index in [1.165, 1.54) is 11.3 Å². The van der Waals surface area contributed by atoms with Crippen LogP contribution in [0, 0.1) is 5.92 Å². The van der Waals surface area contributed by atoms with Crippen molar-refractivity contribution in [1.29, 1.82) is 0 Å². The number of nitrogens with two attached hydrogens (primary N) is 1. The van der Waals surface area contributed by atoms with E-state index in [9.17, 15) is 4.79 Å². The Kier molecular flexibility index (Phi) is 3.02. The minimum atomic E-state index is 0.0669. The quantitative estimate of drug-likeness (QED) is 0.845. The van der Waals surface area contributed by atoms with Gasteiger partial charge in [-0.15, -0.1) is 0 Å². The van der Waals surface area contributed by atoms with Crippen LogP contribution < -0.4 is 15.8 Å². The number of hydrogen-bond acceptors (Lipinski definition) is 5. The lowest BCUT2D eigenvalue weighted by Crippen LogP contribution is -2.27. The lowest BCUT2D eigenvalue weighted by molar-refractivity contribution is -0.122. The second-order valence-corrected chi connectivity index (χ2v) is 5.74. The number of hydrogen-bond donors (Lipinski definition) is 2. The van der Waals surface area contributed by atoms with Gasteiger partial charge in [0.15, 0.2) is 5.13 Å². The number of nitrogen functional groups attached to an aromatic ring is 1. The van der Waals surface area contributed by atoms with Gasteiger partial charge in [-0.3, -0.25) is 4.79 Å². The van der Waals surface area contributed by atoms with Crippen molar-refractivity contribution < 1.29 is 9.53 Å². The van der Waals surface area contributed by atoms with Crippen molar-refractivity contribution in [3.8, 4) is 5.75 Å². The van der Waals surface area contributed by atoms with Crippen molar-refractivity contribution in [1.82, 2.24) is 4.98 Å². The van der Waals surface area contributed by atoms with E-state index in [1.807, 2.05) is 6.07 Å². The predicted molar refractivity (Wildman–Crippen MR) is 76.6 cm³/mol. The molecule has 100 valence electrons. The molecule has 0 unspecified atom stereocenters. The zero-order valence-corrected chi connectivity index (χ0v) is 11.4. The zero-order chi connectivity index (χ0) is 13.4. The fourth-order valence-corrected chi connectivity index (χ4v) is 3.04. The standard InChI is InChI=1S/C13H15N3O2S/c1-18-9-5-8(14)6-10-11(9)15-13(19-10)16-12(17)7-3-2-4-7/h5-7H,2-4,14H2,1H3,(H,15,16,17). The van der Waals surface area contributed by atoms with E-state index in [-0.39, 0.29) is 11.8 Å². The molecule has 0 aliphatic heterocycles. The van der Waals surface area contributed by atoms with E-state index in [2.05, 4.69) is 10.3 Å². The molecule has 1 aromatic carbocycles. The number of anilines is 2. The highest BCUT2D eigenvalue weighted by molar-refractivity contribution is 7.22. The van der Waals surface area contributed by atoms with E-state index in [0.717, 1.165) is 29.5 Å². The first-order chi connectivity index (χ1) is 9.17. The molecule has 6 heteroatoms. The summed E-state index contributed by atoms with van der Waals surface area (Å²) in [5, 5.41) is 3.48. The Hall–Kier alpha value is -1.82. The summed E-state index contributed by atoms with van der Waals surface area (Å²) in [5.41, 5.74) is 7.17. The van der Waals surface area contributed by atoms with Crippen LogP contribution in [0.5, 0.6) is 5.75 Å². The number of rotatable bonds is 3. The number of carbonyl (C=O) groups excluding carboxylic acids is 1. The Labute approximate surface area is 114 Å². The minimum Gasteiger partial charge on any atom is -0.494 e. The first-order valence-corrected chi connectivity index (χ1v) is 7.04. The lowest BCUT2D eigenvalue weighted by Gasteiger charge is -2.23. The summed E-state index contributed by atoms with van der Waals surface area (Å²) in [5.74, 6) is 0.853. The molecule has 3 rings (SSSR count). The molecule has 0 radical (unpaired) electrons. The molecule has 1 aromatic heterocycles. The van der Waals surface area contributed by atoms with Crippen molar-refractivity contribution in [2.75, 3.05) is 18.2 Å². The van der Waals surface area contributed by atoms with Crippen LogP contribution in [0.1, 0.15) is 19.3 Å². The third-order valence-electron chi connectivity index (χ3n) is 3.41. The van der Waals surface area contributed by atoms with Crippen LogP contribution >= 0.6 is 11.3 Å². The van der Waals surface area contributed by atoms with Crippen molar-refractivity contribution in [3.63, 3.8) is 0 Å². The van der Waals surface area contributed by atoms with Gasteiger partial charge < -0.3 is 15.8 Å². The molecule has 19 heavy (non-hydrogen) atoms. The lowest BCUT2D eigenvalue weighted by atomic mass is 9.85. The Bertz CT molecular complexity index is 634. The number of amides is 1. The molecule has 0 spiro atoms. The van der Waals surface area contributed by atoms with E-state index in [1.54, 1.807) is 13.2 Å². The molecule has 1 aliphatic rings. The minimum absolute atomic E-state index is 0.0669. The second-order valence-electron chi connectivity index (χ2n) is 4.71. The molecular formula is C13H15N3O2S. The van der Waals surface area contributed by atoms with Gasteiger partial charge in [-0.05, 0) is 18.9 Å². The summed E-state index contributed by atoms with van der Waals surface area (Å²) in [6.45, 7) is 0. The van der Waals surface area contributed by atoms with Crippen LogP contribution in [0.4, 0.5) is 10.8 Å². The molecule has 2 aromatic rings. The zero-order valence-electron chi connectivity index (χ0n) is 10.6. The van der Waals surface area contributed by atoms with Gasteiger partial charge in [-0.25, -0.2) is 4.98 Å². The van der Waals surface area contributed by atoms with Crippen LogP contribution in [-0.4, -0.2) is 18.0 Å². The number of fused-ring (bicyclic) bond motifs is 1. The van der Waals surface area contributed by atoms with Crippen LogP contribution in [0.15, 0.2) is 12.1 Å². The molecule has 1 fully saturated rings. The largest absolute Gasteiger partial charge is 0.494 e. The van der Waals surface area contributed by atoms with Gasteiger partial charge in [0.1, 0.15) is 11.3 Å². The molecule has 0 atom stereocenters. The summed E-state index contributed by atoms with van der Waals surface area (Å²) in [6, 6.07) is 3.58. The molecule has 1 heterocycles. The molecule has 1 saturated carbocycles.